The van der Waals surface area contributed by atoms with Gasteiger partial charge in [-0.2, -0.15) is 18.4 Å². The lowest BCUT2D eigenvalue weighted by molar-refractivity contribution is -0.137. The summed E-state index contributed by atoms with van der Waals surface area (Å²) in [4.78, 5) is 28.5. The number of anilines is 1. The first-order valence-corrected chi connectivity index (χ1v) is 8.32. The first-order chi connectivity index (χ1) is 12.3. The quantitative estimate of drug-likeness (QED) is 0.826. The van der Waals surface area contributed by atoms with Gasteiger partial charge < -0.3 is 5.32 Å². The Morgan fingerprint density at radius 3 is 2.69 bits per heavy atom. The van der Waals surface area contributed by atoms with Crippen molar-refractivity contribution in [1.82, 2.24) is 4.98 Å². The number of pyridine rings is 1. The van der Waals surface area contributed by atoms with Gasteiger partial charge in [-0.25, -0.2) is 0 Å². The van der Waals surface area contributed by atoms with Crippen LogP contribution in [0, 0.1) is 11.3 Å². The molecule has 0 unspecified atom stereocenters. The van der Waals surface area contributed by atoms with Crippen LogP contribution < -0.4 is 5.32 Å². The fourth-order valence-corrected chi connectivity index (χ4v) is 3.19. The highest BCUT2D eigenvalue weighted by Crippen LogP contribution is 2.33. The second-order valence-corrected chi connectivity index (χ2v) is 6.46. The van der Waals surface area contributed by atoms with E-state index in [9.17, 15) is 28.0 Å². The van der Waals surface area contributed by atoms with Crippen LogP contribution in [0.15, 0.2) is 41.4 Å². The number of alkyl halides is 3. The molecule has 0 saturated carbocycles. The molecule has 3 rings (SSSR count). The summed E-state index contributed by atoms with van der Waals surface area (Å²) in [6, 6.07) is 8.20. The number of carbonyl (C=O) groups excluding carboxylic acids is 2. The molecule has 2 aromatic rings. The summed E-state index contributed by atoms with van der Waals surface area (Å²) in [6.45, 7) is 0. The Morgan fingerprint density at radius 1 is 1.31 bits per heavy atom. The third-order valence-electron chi connectivity index (χ3n) is 3.70. The third kappa shape index (κ3) is 3.55. The molecule has 0 saturated heterocycles. The van der Waals surface area contributed by atoms with E-state index in [1.807, 2.05) is 0 Å². The van der Waals surface area contributed by atoms with E-state index in [1.54, 1.807) is 12.1 Å². The van der Waals surface area contributed by atoms with Crippen molar-refractivity contribution in [2.45, 2.75) is 17.0 Å². The second kappa shape index (κ2) is 6.80. The van der Waals surface area contributed by atoms with Crippen LogP contribution in [0.5, 0.6) is 0 Å². The van der Waals surface area contributed by atoms with Gasteiger partial charge in [-0.15, -0.1) is 11.8 Å². The van der Waals surface area contributed by atoms with Crippen molar-refractivity contribution in [3.63, 3.8) is 0 Å². The number of halogens is 3. The third-order valence-corrected chi connectivity index (χ3v) is 4.77. The van der Waals surface area contributed by atoms with Crippen molar-refractivity contribution in [1.29, 1.82) is 5.26 Å². The Bertz CT molecular complexity index is 920. The molecule has 9 heteroatoms. The van der Waals surface area contributed by atoms with E-state index in [0.29, 0.717) is 11.9 Å². The van der Waals surface area contributed by atoms with Gasteiger partial charge in [-0.3, -0.25) is 14.6 Å². The molecule has 0 aliphatic carbocycles. The Hall–Kier alpha value is -2.86. The number of carbonyl (C=O) groups is 2. The Kier molecular flexibility index (Phi) is 4.70. The molecular formula is C17H10F3N3O2S. The fourth-order valence-electron chi connectivity index (χ4n) is 2.41. The number of aromatic nitrogens is 1. The normalized spacial score (nSPS) is 14.8. The van der Waals surface area contributed by atoms with Gasteiger partial charge in [-0.1, -0.05) is 6.07 Å². The summed E-state index contributed by atoms with van der Waals surface area (Å²) >= 11 is 1.32. The summed E-state index contributed by atoms with van der Waals surface area (Å²) in [5, 5.41) is 12.0. The van der Waals surface area contributed by atoms with Crippen LogP contribution in [0.25, 0.3) is 0 Å². The minimum absolute atomic E-state index is 0.0679. The molecule has 2 heterocycles. The van der Waals surface area contributed by atoms with Crippen molar-refractivity contribution < 1.29 is 22.8 Å². The first-order valence-electron chi connectivity index (χ1n) is 7.33. The van der Waals surface area contributed by atoms with Gasteiger partial charge in [0.1, 0.15) is 0 Å². The van der Waals surface area contributed by atoms with Crippen LogP contribution in [0.3, 0.4) is 0 Å². The SMILES string of the molecule is N#C[C@H](C(=O)c1ccc2c(c1)NC(=O)CS2)c1ccc(C(F)(F)F)cn1. The lowest BCUT2D eigenvalue weighted by Gasteiger charge is -2.17. The molecule has 0 radical (unpaired) electrons. The molecule has 0 spiro atoms. The van der Waals surface area contributed by atoms with Crippen molar-refractivity contribution in [3.8, 4) is 6.07 Å². The number of Topliss-reactive ketones (excluding diaryl/α,β-unsaturated/α-hetero) is 1. The predicted octanol–water partition coefficient (Wildman–Crippen LogP) is 3.63. The minimum atomic E-state index is -4.55. The van der Waals surface area contributed by atoms with Crippen LogP contribution in [0.2, 0.25) is 0 Å². The number of benzene rings is 1. The molecule has 1 amide bonds. The van der Waals surface area contributed by atoms with Gasteiger partial charge in [0.25, 0.3) is 0 Å². The molecule has 1 aliphatic heterocycles. The smallest absolute Gasteiger partial charge is 0.324 e. The number of hydrogen-bond acceptors (Lipinski definition) is 5. The number of thioether (sulfide) groups is 1. The molecule has 1 aromatic heterocycles. The van der Waals surface area contributed by atoms with Crippen molar-refractivity contribution in [2.24, 2.45) is 0 Å². The van der Waals surface area contributed by atoms with Crippen LogP contribution in [-0.4, -0.2) is 22.4 Å². The monoisotopic (exact) mass is 377 g/mol. The summed E-state index contributed by atoms with van der Waals surface area (Å²) < 4.78 is 37.8. The van der Waals surface area contributed by atoms with E-state index in [2.05, 4.69) is 10.3 Å². The standard InChI is InChI=1S/C17H10F3N3O2S/c18-17(19,20)10-2-3-12(22-7-10)11(6-21)16(25)9-1-4-14-13(5-9)23-15(24)8-26-14/h1-5,7,11H,8H2,(H,23,24)/t11-/m0/s1. The number of nitrogens with one attached hydrogen (secondary N) is 1. The van der Waals surface area contributed by atoms with E-state index in [-0.39, 0.29) is 22.9 Å². The molecule has 0 bridgehead atoms. The first kappa shape index (κ1) is 17.9. The Labute approximate surface area is 150 Å². The average molecular weight is 377 g/mol. The number of rotatable bonds is 3. The lowest BCUT2D eigenvalue weighted by atomic mass is 9.94. The zero-order valence-corrected chi connectivity index (χ0v) is 13.8. The molecule has 1 aliphatic rings. The molecule has 1 N–H and O–H groups in total. The van der Waals surface area contributed by atoms with E-state index >= 15 is 0 Å². The molecule has 1 atom stereocenters. The predicted molar refractivity (Wildman–Crippen MR) is 87.7 cm³/mol. The molecule has 0 fully saturated rings. The Morgan fingerprint density at radius 2 is 2.08 bits per heavy atom. The molecular weight excluding hydrogens is 367 g/mol. The highest BCUT2D eigenvalue weighted by molar-refractivity contribution is 8.00. The molecule has 26 heavy (non-hydrogen) atoms. The highest BCUT2D eigenvalue weighted by atomic mass is 32.2. The number of fused-ring (bicyclic) bond motifs is 1. The van der Waals surface area contributed by atoms with Crippen molar-refractivity contribution in [3.05, 3.63) is 53.3 Å². The van der Waals surface area contributed by atoms with Gasteiger partial charge >= 0.3 is 6.18 Å². The van der Waals surface area contributed by atoms with Gasteiger partial charge in [0.2, 0.25) is 5.91 Å². The number of amides is 1. The van der Waals surface area contributed by atoms with Gasteiger partial charge in [0.15, 0.2) is 11.7 Å². The van der Waals surface area contributed by atoms with Crippen LogP contribution in [0.1, 0.15) is 27.5 Å². The number of nitriles is 1. The zero-order valence-electron chi connectivity index (χ0n) is 13.0. The van der Waals surface area contributed by atoms with Gasteiger partial charge in [-0.05, 0) is 24.3 Å². The molecule has 5 nitrogen and oxygen atoms in total. The lowest BCUT2D eigenvalue weighted by Crippen LogP contribution is -2.20. The summed E-state index contributed by atoms with van der Waals surface area (Å²) in [5.41, 5.74) is -0.394. The Balaban J connectivity index is 1.89. The number of hydrogen-bond donors (Lipinski definition) is 1. The zero-order chi connectivity index (χ0) is 18.9. The summed E-state index contributed by atoms with van der Waals surface area (Å²) in [7, 11) is 0. The minimum Gasteiger partial charge on any atom is -0.324 e. The van der Waals surface area contributed by atoms with E-state index < -0.39 is 23.4 Å². The second-order valence-electron chi connectivity index (χ2n) is 5.44. The maximum atomic E-state index is 12.6. The summed E-state index contributed by atoms with van der Waals surface area (Å²) in [6.07, 6.45) is -3.96. The number of nitrogens with zero attached hydrogens (tertiary/aromatic N) is 2. The van der Waals surface area contributed by atoms with Crippen LogP contribution >= 0.6 is 11.8 Å². The maximum Gasteiger partial charge on any atom is 0.417 e. The van der Waals surface area contributed by atoms with Crippen molar-refractivity contribution in [2.75, 3.05) is 11.1 Å². The highest BCUT2D eigenvalue weighted by Gasteiger charge is 2.32. The van der Waals surface area contributed by atoms with Crippen molar-refractivity contribution >= 4 is 29.1 Å². The average Bonchev–Trinajstić information content (AvgIpc) is 2.61. The fraction of sp³-hybridized carbons (Fsp3) is 0.176. The molecule has 132 valence electrons. The van der Waals surface area contributed by atoms with Gasteiger partial charge in [0.05, 0.1) is 28.8 Å². The van der Waals surface area contributed by atoms with Crippen LogP contribution in [0.4, 0.5) is 18.9 Å². The topological polar surface area (TPSA) is 82.9 Å². The van der Waals surface area contributed by atoms with Gasteiger partial charge in [0, 0.05) is 16.7 Å². The van der Waals surface area contributed by atoms with E-state index in [0.717, 1.165) is 17.0 Å². The molecule has 1 aromatic carbocycles. The summed E-state index contributed by atoms with van der Waals surface area (Å²) in [5.74, 6) is -1.88. The van der Waals surface area contributed by atoms with Crippen LogP contribution in [-0.2, 0) is 11.0 Å². The van der Waals surface area contributed by atoms with E-state index in [4.69, 9.17) is 0 Å². The maximum absolute atomic E-state index is 12.6. The number of ketones is 1. The largest absolute Gasteiger partial charge is 0.417 e. The van der Waals surface area contributed by atoms with E-state index in [1.165, 1.54) is 23.9 Å².